The maximum atomic E-state index is 14.6. The molecule has 4 bridgehead atoms. The van der Waals surface area contributed by atoms with Crippen LogP contribution >= 0.6 is 0 Å². The molecule has 1 fully saturated rings. The Hall–Kier alpha value is -5.00. The first-order chi connectivity index (χ1) is 21.8. The zero-order chi connectivity index (χ0) is 31.3. The van der Waals surface area contributed by atoms with E-state index in [4.69, 9.17) is 23.7 Å². The van der Waals surface area contributed by atoms with Crippen molar-refractivity contribution in [1.29, 1.82) is 0 Å². The lowest BCUT2D eigenvalue weighted by Gasteiger charge is -2.39. The number of hydrogen-bond acceptors (Lipinski definition) is 8. The highest BCUT2D eigenvalue weighted by Crippen LogP contribution is 2.32. The molecule has 11 nitrogen and oxygen atoms in total. The molecule has 0 unspecified atom stereocenters. The van der Waals surface area contributed by atoms with Crippen LogP contribution in [-0.4, -0.2) is 74.8 Å². The number of likely N-dealkylation sites (tertiary alicyclic amines) is 1. The van der Waals surface area contributed by atoms with Crippen LogP contribution in [-0.2, 0) is 22.6 Å². The molecular formula is C33H34FN3O8. The van der Waals surface area contributed by atoms with Crippen LogP contribution in [0.4, 0.5) is 4.39 Å². The number of fused-ring (bicyclic) bond motifs is 6. The van der Waals surface area contributed by atoms with Crippen LogP contribution in [0.15, 0.2) is 54.6 Å². The second-order valence-electron chi connectivity index (χ2n) is 11.1. The Morgan fingerprint density at radius 1 is 0.911 bits per heavy atom. The molecule has 45 heavy (non-hydrogen) atoms. The summed E-state index contributed by atoms with van der Waals surface area (Å²) in [6, 6.07) is 14.0. The van der Waals surface area contributed by atoms with Crippen molar-refractivity contribution in [3.05, 3.63) is 77.1 Å². The Morgan fingerprint density at radius 2 is 1.76 bits per heavy atom. The van der Waals surface area contributed by atoms with Crippen LogP contribution < -0.4 is 34.3 Å². The highest BCUT2D eigenvalue weighted by Gasteiger charge is 2.35. The van der Waals surface area contributed by atoms with Crippen LogP contribution in [0.5, 0.6) is 28.7 Å². The van der Waals surface area contributed by atoms with Crippen LogP contribution in [0, 0.1) is 5.82 Å². The highest BCUT2D eigenvalue weighted by atomic mass is 19.1. The number of hydrogen-bond donors (Lipinski definition) is 2. The van der Waals surface area contributed by atoms with Crippen molar-refractivity contribution in [3.8, 4) is 28.7 Å². The highest BCUT2D eigenvalue weighted by molar-refractivity contribution is 5.95. The number of carbonyl (C=O) groups excluding carboxylic acids is 3. The smallest absolute Gasteiger partial charge is 0.258 e. The van der Waals surface area contributed by atoms with E-state index in [-0.39, 0.29) is 43.7 Å². The van der Waals surface area contributed by atoms with Crippen molar-refractivity contribution in [2.75, 3.05) is 40.0 Å². The second kappa shape index (κ2) is 13.3. The first kappa shape index (κ1) is 30.0. The fourth-order valence-corrected chi connectivity index (χ4v) is 5.65. The van der Waals surface area contributed by atoms with Gasteiger partial charge in [-0.25, -0.2) is 4.39 Å². The summed E-state index contributed by atoms with van der Waals surface area (Å²) in [5, 5.41) is 5.80. The summed E-state index contributed by atoms with van der Waals surface area (Å²) < 4.78 is 43.3. The predicted octanol–water partition coefficient (Wildman–Crippen LogP) is 3.03. The molecule has 3 aromatic rings. The fourth-order valence-electron chi connectivity index (χ4n) is 5.65. The van der Waals surface area contributed by atoms with E-state index < -0.39 is 23.9 Å². The minimum Gasteiger partial charge on any atom is -0.493 e. The van der Waals surface area contributed by atoms with Gasteiger partial charge in [-0.2, -0.15) is 0 Å². The van der Waals surface area contributed by atoms with Gasteiger partial charge < -0.3 is 39.2 Å². The molecule has 3 amide bonds. The zero-order valence-electron chi connectivity index (χ0n) is 24.8. The lowest BCUT2D eigenvalue weighted by Crippen LogP contribution is -2.58. The third-order valence-corrected chi connectivity index (χ3v) is 7.91. The standard InChI is InChI=1S/C33H34FN3O8/c1-41-27-5-2-20-3-7-31(38)35-17-21-12-23(34)16-24(13-21)45-26-8-9-37(18-25(26)36-32(39)19-44-29(27)14-20)33(40)22-4-6-28-30(15-22)43-11-10-42-28/h2,4-6,12-16,25-26H,3,7-11,17-19H2,1H3,(H,35,38)(H,36,39)/t25-,26-/m1/s1. The largest absolute Gasteiger partial charge is 0.493 e. The van der Waals surface area contributed by atoms with E-state index in [1.165, 1.54) is 19.2 Å². The number of piperidine rings is 1. The van der Waals surface area contributed by atoms with Gasteiger partial charge in [0.2, 0.25) is 5.91 Å². The zero-order valence-corrected chi connectivity index (χ0v) is 24.8. The molecule has 12 heteroatoms. The Morgan fingerprint density at radius 3 is 2.60 bits per heavy atom. The average Bonchev–Trinajstić information content (AvgIpc) is 3.05. The van der Waals surface area contributed by atoms with Gasteiger partial charge in [0.15, 0.2) is 29.6 Å². The number of benzene rings is 3. The van der Waals surface area contributed by atoms with E-state index in [2.05, 4.69) is 10.6 Å². The van der Waals surface area contributed by atoms with Gasteiger partial charge in [0.25, 0.3) is 11.8 Å². The van der Waals surface area contributed by atoms with Crippen molar-refractivity contribution >= 4 is 17.7 Å². The number of carbonyl (C=O) groups is 3. The van der Waals surface area contributed by atoms with Crippen molar-refractivity contribution in [2.24, 2.45) is 0 Å². The summed E-state index contributed by atoms with van der Waals surface area (Å²) in [4.78, 5) is 41.0. The number of amides is 3. The van der Waals surface area contributed by atoms with Crippen molar-refractivity contribution in [2.45, 2.75) is 38.0 Å². The molecule has 2 N–H and O–H groups in total. The Balaban J connectivity index is 1.25. The maximum absolute atomic E-state index is 14.6. The van der Waals surface area contributed by atoms with Gasteiger partial charge in [-0.1, -0.05) is 6.07 Å². The van der Waals surface area contributed by atoms with E-state index >= 15 is 0 Å². The lowest BCUT2D eigenvalue weighted by atomic mass is 10.00. The molecule has 2 atom stereocenters. The summed E-state index contributed by atoms with van der Waals surface area (Å²) >= 11 is 0. The minimum absolute atomic E-state index is 0.118. The molecule has 0 radical (unpaired) electrons. The summed E-state index contributed by atoms with van der Waals surface area (Å²) in [5.41, 5.74) is 1.79. The molecular weight excluding hydrogens is 585 g/mol. The van der Waals surface area contributed by atoms with Gasteiger partial charge in [0.05, 0.1) is 13.2 Å². The Bertz CT molecular complexity index is 1600. The van der Waals surface area contributed by atoms with Gasteiger partial charge in [0.1, 0.15) is 30.9 Å². The van der Waals surface area contributed by atoms with Gasteiger partial charge in [-0.05, 0) is 60.0 Å². The number of halogens is 1. The van der Waals surface area contributed by atoms with Crippen molar-refractivity contribution < 1.29 is 42.5 Å². The first-order valence-corrected chi connectivity index (χ1v) is 14.9. The third-order valence-electron chi connectivity index (χ3n) is 7.91. The summed E-state index contributed by atoms with van der Waals surface area (Å²) in [7, 11) is 1.50. The average molecular weight is 620 g/mol. The van der Waals surface area contributed by atoms with E-state index in [9.17, 15) is 18.8 Å². The van der Waals surface area contributed by atoms with E-state index in [1.54, 1.807) is 41.3 Å². The van der Waals surface area contributed by atoms with Gasteiger partial charge >= 0.3 is 0 Å². The van der Waals surface area contributed by atoms with Crippen LogP contribution in [0.3, 0.4) is 0 Å². The van der Waals surface area contributed by atoms with Crippen LogP contribution in [0.1, 0.15) is 34.3 Å². The number of methoxy groups -OCH3 is 1. The Kier molecular flexibility index (Phi) is 8.90. The topological polar surface area (TPSA) is 125 Å². The molecule has 3 aromatic carbocycles. The SMILES string of the molecule is COc1ccc2cc1OCC(=O)N[C@@H]1CN(C(=O)c3ccc4c(c3)OCCO4)CC[C@H]1Oc1cc(F)cc(c1)CNC(=O)CC2. The number of ether oxygens (including phenoxy) is 5. The predicted molar refractivity (Wildman–Crippen MR) is 159 cm³/mol. The summed E-state index contributed by atoms with van der Waals surface area (Å²) in [6.45, 7) is 1.10. The van der Waals surface area contributed by atoms with Crippen LogP contribution in [0.25, 0.3) is 0 Å². The second-order valence-corrected chi connectivity index (χ2v) is 11.1. The molecule has 0 spiro atoms. The molecule has 6 rings (SSSR count). The number of aryl methyl sites for hydroxylation is 1. The fraction of sp³-hybridized carbons (Fsp3) is 0.364. The summed E-state index contributed by atoms with van der Waals surface area (Å²) in [6.07, 6.45) is 0.406. The molecule has 0 aliphatic carbocycles. The molecule has 3 heterocycles. The number of nitrogens with one attached hydrogen (secondary N) is 2. The summed E-state index contributed by atoms with van der Waals surface area (Å²) in [5.74, 6) is 0.766. The normalized spacial score (nSPS) is 20.2. The van der Waals surface area contributed by atoms with Crippen molar-refractivity contribution in [1.82, 2.24) is 15.5 Å². The number of rotatable bonds is 2. The lowest BCUT2D eigenvalue weighted by molar-refractivity contribution is -0.125. The Labute approximate surface area is 259 Å². The van der Waals surface area contributed by atoms with E-state index in [1.807, 2.05) is 6.07 Å². The van der Waals surface area contributed by atoms with Crippen LogP contribution in [0.2, 0.25) is 0 Å². The van der Waals surface area contributed by atoms with Gasteiger partial charge in [0, 0.05) is 44.1 Å². The van der Waals surface area contributed by atoms with Gasteiger partial charge in [-0.15, -0.1) is 0 Å². The quantitative estimate of drug-likeness (QED) is 0.449. The van der Waals surface area contributed by atoms with E-state index in [0.717, 1.165) is 5.56 Å². The molecule has 0 saturated carbocycles. The van der Waals surface area contributed by atoms with Gasteiger partial charge in [-0.3, -0.25) is 14.4 Å². The van der Waals surface area contributed by atoms with E-state index in [0.29, 0.717) is 66.7 Å². The third kappa shape index (κ3) is 7.22. The first-order valence-electron chi connectivity index (χ1n) is 14.9. The number of nitrogens with zero attached hydrogens (tertiary/aromatic N) is 1. The monoisotopic (exact) mass is 619 g/mol. The maximum Gasteiger partial charge on any atom is 0.258 e. The molecule has 3 aliphatic rings. The molecule has 1 saturated heterocycles. The molecule has 3 aliphatic heterocycles. The molecule has 0 aromatic heterocycles. The molecule has 236 valence electrons. The minimum atomic E-state index is -0.644. The van der Waals surface area contributed by atoms with Crippen molar-refractivity contribution in [3.63, 3.8) is 0 Å².